The van der Waals surface area contributed by atoms with Crippen LogP contribution in [0.5, 0.6) is 0 Å². The van der Waals surface area contributed by atoms with Gasteiger partial charge in [0.05, 0.1) is 17.8 Å². The number of rotatable bonds is 4. The molecule has 1 atom stereocenters. The maximum Gasteiger partial charge on any atom is 0.259 e. The SMILES string of the molecule is Cc1sc2nc(C(C)N3CCN(C(=O)Cc4ccc(Cl)cc4)CC3)[nH]c(=O)c2c1C. The van der Waals surface area contributed by atoms with Crippen LogP contribution in [-0.4, -0.2) is 51.9 Å². The molecule has 1 aliphatic rings. The lowest BCUT2D eigenvalue weighted by Gasteiger charge is -2.37. The number of halogens is 1. The fraction of sp³-hybridized carbons (Fsp3) is 0.409. The Balaban J connectivity index is 1.41. The Morgan fingerprint density at radius 1 is 1.20 bits per heavy atom. The van der Waals surface area contributed by atoms with Crippen LogP contribution in [0, 0.1) is 13.8 Å². The fourth-order valence-electron chi connectivity index (χ4n) is 3.89. The van der Waals surface area contributed by atoms with Crippen LogP contribution in [0.1, 0.15) is 34.8 Å². The van der Waals surface area contributed by atoms with Crippen LogP contribution >= 0.6 is 22.9 Å². The smallest absolute Gasteiger partial charge is 0.259 e. The van der Waals surface area contributed by atoms with Crippen molar-refractivity contribution in [3.8, 4) is 0 Å². The molecule has 30 heavy (non-hydrogen) atoms. The second kappa shape index (κ2) is 8.49. The number of piperazine rings is 1. The molecule has 3 heterocycles. The number of thiophene rings is 1. The van der Waals surface area contributed by atoms with Gasteiger partial charge in [-0.1, -0.05) is 23.7 Å². The van der Waals surface area contributed by atoms with E-state index in [4.69, 9.17) is 16.6 Å². The fourth-order valence-corrected chi connectivity index (χ4v) is 5.05. The van der Waals surface area contributed by atoms with Gasteiger partial charge in [0, 0.05) is 36.1 Å². The van der Waals surface area contributed by atoms with E-state index in [0.29, 0.717) is 35.7 Å². The average molecular weight is 445 g/mol. The second-order valence-corrected chi connectivity index (χ2v) is 9.45. The van der Waals surface area contributed by atoms with E-state index in [1.165, 1.54) is 0 Å². The largest absolute Gasteiger partial charge is 0.340 e. The number of benzene rings is 1. The number of H-pyrrole nitrogens is 1. The Labute approximate surface area is 184 Å². The van der Waals surface area contributed by atoms with Gasteiger partial charge in [0.2, 0.25) is 5.91 Å². The molecule has 0 saturated carbocycles. The van der Waals surface area contributed by atoms with Gasteiger partial charge in [-0.15, -0.1) is 11.3 Å². The molecule has 1 aromatic carbocycles. The molecule has 1 N–H and O–H groups in total. The molecule has 4 rings (SSSR count). The number of nitrogens with zero attached hydrogens (tertiary/aromatic N) is 3. The van der Waals surface area contributed by atoms with Gasteiger partial charge < -0.3 is 9.88 Å². The Kier molecular flexibility index (Phi) is 5.95. The summed E-state index contributed by atoms with van der Waals surface area (Å²) in [7, 11) is 0. The number of carbonyl (C=O) groups is 1. The zero-order valence-corrected chi connectivity index (χ0v) is 18.9. The zero-order chi connectivity index (χ0) is 21.4. The number of aromatic nitrogens is 2. The summed E-state index contributed by atoms with van der Waals surface area (Å²) in [6, 6.07) is 7.39. The predicted molar refractivity (Wildman–Crippen MR) is 121 cm³/mol. The van der Waals surface area contributed by atoms with E-state index in [-0.39, 0.29) is 17.5 Å². The molecule has 2 aromatic heterocycles. The molecule has 1 amide bonds. The van der Waals surface area contributed by atoms with Gasteiger partial charge in [0.25, 0.3) is 5.56 Å². The van der Waals surface area contributed by atoms with Crippen molar-refractivity contribution in [3.05, 3.63) is 61.5 Å². The molecule has 3 aromatic rings. The van der Waals surface area contributed by atoms with Crippen molar-refractivity contribution in [2.24, 2.45) is 0 Å². The molecule has 6 nitrogen and oxygen atoms in total. The lowest BCUT2D eigenvalue weighted by molar-refractivity contribution is -0.132. The maximum absolute atomic E-state index is 12.6. The topological polar surface area (TPSA) is 69.3 Å². The van der Waals surface area contributed by atoms with Gasteiger partial charge in [-0.3, -0.25) is 14.5 Å². The third-order valence-electron chi connectivity index (χ3n) is 5.94. The molecule has 1 saturated heterocycles. The van der Waals surface area contributed by atoms with Gasteiger partial charge in [-0.2, -0.15) is 0 Å². The molecular weight excluding hydrogens is 420 g/mol. The molecule has 0 spiro atoms. The number of nitrogens with one attached hydrogen (secondary N) is 1. The van der Waals surface area contributed by atoms with Gasteiger partial charge in [-0.25, -0.2) is 4.98 Å². The van der Waals surface area contributed by atoms with Crippen LogP contribution in [0.2, 0.25) is 5.02 Å². The van der Waals surface area contributed by atoms with Crippen LogP contribution in [0.3, 0.4) is 0 Å². The van der Waals surface area contributed by atoms with Crippen LogP contribution in [0.4, 0.5) is 0 Å². The lowest BCUT2D eigenvalue weighted by atomic mass is 10.1. The van der Waals surface area contributed by atoms with Crippen LogP contribution in [-0.2, 0) is 11.2 Å². The van der Waals surface area contributed by atoms with Crippen molar-refractivity contribution in [2.45, 2.75) is 33.2 Å². The summed E-state index contributed by atoms with van der Waals surface area (Å²) in [4.78, 5) is 39.0. The first-order chi connectivity index (χ1) is 14.3. The maximum atomic E-state index is 12.6. The molecule has 0 aliphatic carbocycles. The minimum absolute atomic E-state index is 0.0154. The second-order valence-electron chi connectivity index (χ2n) is 7.81. The van der Waals surface area contributed by atoms with Gasteiger partial charge in [0.15, 0.2) is 0 Å². The van der Waals surface area contributed by atoms with E-state index in [0.717, 1.165) is 33.9 Å². The number of carbonyl (C=O) groups excluding carboxylic acids is 1. The third kappa shape index (κ3) is 4.15. The predicted octanol–water partition coefficient (Wildman–Crippen LogP) is 3.70. The summed E-state index contributed by atoms with van der Waals surface area (Å²) in [5.41, 5.74) is 1.91. The Hall–Kier alpha value is -2.22. The summed E-state index contributed by atoms with van der Waals surface area (Å²) in [6.07, 6.45) is 0.384. The number of aromatic amines is 1. The Morgan fingerprint density at radius 3 is 2.53 bits per heavy atom. The summed E-state index contributed by atoms with van der Waals surface area (Å²) in [5.74, 6) is 0.816. The minimum Gasteiger partial charge on any atom is -0.340 e. The number of hydrogen-bond acceptors (Lipinski definition) is 5. The highest BCUT2D eigenvalue weighted by molar-refractivity contribution is 7.18. The highest BCUT2D eigenvalue weighted by Gasteiger charge is 2.26. The van der Waals surface area contributed by atoms with E-state index >= 15 is 0 Å². The average Bonchev–Trinajstić information content (AvgIpc) is 3.03. The van der Waals surface area contributed by atoms with Crippen molar-refractivity contribution >= 4 is 39.1 Å². The van der Waals surface area contributed by atoms with Crippen molar-refractivity contribution in [1.29, 1.82) is 0 Å². The molecular formula is C22H25ClN4O2S. The molecule has 1 aliphatic heterocycles. The van der Waals surface area contributed by atoms with Gasteiger partial charge in [-0.05, 0) is 44.0 Å². The van der Waals surface area contributed by atoms with Crippen LogP contribution in [0.25, 0.3) is 10.2 Å². The first-order valence-electron chi connectivity index (χ1n) is 10.1. The van der Waals surface area contributed by atoms with Crippen molar-refractivity contribution in [1.82, 2.24) is 19.8 Å². The standard InChI is InChI=1S/C22H25ClN4O2S/c1-13-15(3)30-22-19(13)21(29)24-20(25-22)14(2)26-8-10-27(11-9-26)18(28)12-16-4-6-17(23)7-5-16/h4-7,14H,8-12H2,1-3H3,(H,24,25,29). The van der Waals surface area contributed by atoms with E-state index in [2.05, 4.69) is 16.8 Å². The van der Waals surface area contributed by atoms with E-state index in [9.17, 15) is 9.59 Å². The lowest BCUT2D eigenvalue weighted by Crippen LogP contribution is -2.50. The molecule has 8 heteroatoms. The number of hydrogen-bond donors (Lipinski definition) is 1. The molecule has 1 unspecified atom stereocenters. The molecule has 158 valence electrons. The normalized spacial score (nSPS) is 16.2. The highest BCUT2D eigenvalue weighted by Crippen LogP contribution is 2.27. The Morgan fingerprint density at radius 2 is 1.87 bits per heavy atom. The van der Waals surface area contributed by atoms with Crippen molar-refractivity contribution in [2.75, 3.05) is 26.2 Å². The molecule has 0 bridgehead atoms. The number of fused-ring (bicyclic) bond motifs is 1. The Bertz CT molecular complexity index is 1130. The minimum atomic E-state index is -0.0690. The molecule has 0 radical (unpaired) electrons. The third-order valence-corrected chi connectivity index (χ3v) is 7.29. The van der Waals surface area contributed by atoms with E-state index in [1.54, 1.807) is 11.3 Å². The first kappa shape index (κ1) is 21.0. The summed E-state index contributed by atoms with van der Waals surface area (Å²) in [5, 5.41) is 1.37. The number of aryl methyl sites for hydroxylation is 2. The molecule has 1 fully saturated rings. The highest BCUT2D eigenvalue weighted by atomic mass is 35.5. The van der Waals surface area contributed by atoms with E-state index in [1.807, 2.05) is 43.0 Å². The van der Waals surface area contributed by atoms with Crippen LogP contribution < -0.4 is 5.56 Å². The van der Waals surface area contributed by atoms with Crippen molar-refractivity contribution < 1.29 is 4.79 Å². The van der Waals surface area contributed by atoms with E-state index < -0.39 is 0 Å². The summed E-state index contributed by atoms with van der Waals surface area (Å²) in [6.45, 7) is 8.87. The van der Waals surface area contributed by atoms with Crippen molar-refractivity contribution in [3.63, 3.8) is 0 Å². The van der Waals surface area contributed by atoms with Gasteiger partial charge >= 0.3 is 0 Å². The first-order valence-corrected chi connectivity index (χ1v) is 11.3. The summed E-state index contributed by atoms with van der Waals surface area (Å²) >= 11 is 7.48. The number of amides is 1. The summed E-state index contributed by atoms with van der Waals surface area (Å²) < 4.78 is 0. The zero-order valence-electron chi connectivity index (χ0n) is 17.4. The van der Waals surface area contributed by atoms with Crippen LogP contribution in [0.15, 0.2) is 29.1 Å². The van der Waals surface area contributed by atoms with Gasteiger partial charge in [0.1, 0.15) is 10.7 Å². The quantitative estimate of drug-likeness (QED) is 0.666. The monoisotopic (exact) mass is 444 g/mol.